The molecule has 134 valence electrons. The maximum absolute atomic E-state index is 12.8. The normalized spacial score (nSPS) is 18.1. The highest BCUT2D eigenvalue weighted by Gasteiger charge is 2.32. The van der Waals surface area contributed by atoms with Gasteiger partial charge in [0.25, 0.3) is 0 Å². The molecule has 1 fully saturated rings. The summed E-state index contributed by atoms with van der Waals surface area (Å²) < 4.78 is 5.64. The Morgan fingerprint density at radius 1 is 1.21 bits per heavy atom. The maximum Gasteiger partial charge on any atom is 0.313 e. The molecule has 1 aromatic carbocycles. The molecule has 2 atom stereocenters. The van der Waals surface area contributed by atoms with Crippen molar-refractivity contribution >= 4 is 5.97 Å². The molecule has 0 aromatic heterocycles. The molecule has 1 N–H and O–H groups in total. The molecule has 0 aliphatic heterocycles. The second-order valence-corrected chi connectivity index (χ2v) is 7.10. The molecule has 1 saturated carbocycles. The predicted octanol–water partition coefficient (Wildman–Crippen LogP) is 4.67. The van der Waals surface area contributed by atoms with Gasteiger partial charge in [0, 0.05) is 12.6 Å². The fraction of sp³-hybridized carbons (Fsp3) is 0.667. The van der Waals surface area contributed by atoms with Crippen LogP contribution in [0.2, 0.25) is 0 Å². The van der Waals surface area contributed by atoms with Gasteiger partial charge in [-0.1, -0.05) is 62.9 Å². The van der Waals surface area contributed by atoms with Gasteiger partial charge in [-0.15, -0.1) is 0 Å². The van der Waals surface area contributed by atoms with Crippen molar-refractivity contribution in [2.45, 2.75) is 70.8 Å². The summed E-state index contributed by atoms with van der Waals surface area (Å²) in [6.45, 7) is 5.56. The third-order valence-corrected chi connectivity index (χ3v) is 5.09. The average Bonchev–Trinajstić information content (AvgIpc) is 2.61. The Labute approximate surface area is 147 Å². The molecular formula is C21H33NO2. The lowest BCUT2D eigenvalue weighted by atomic mass is 9.77. The first kappa shape index (κ1) is 19.0. The second-order valence-electron chi connectivity index (χ2n) is 7.10. The fourth-order valence-electron chi connectivity index (χ4n) is 3.81. The maximum atomic E-state index is 12.8. The van der Waals surface area contributed by atoms with Crippen LogP contribution in [0.3, 0.4) is 0 Å². The first-order valence-electron chi connectivity index (χ1n) is 9.67. The zero-order valence-electron chi connectivity index (χ0n) is 15.3. The number of carbonyl (C=O) groups is 1. The SMILES string of the molecule is CCC[C@@H](C)NCCOC(=O)[C@H](c1ccccc1)C1CCCCC1. The molecule has 2 rings (SSSR count). The molecule has 1 aliphatic rings. The van der Waals surface area contributed by atoms with Crippen molar-refractivity contribution in [2.24, 2.45) is 5.92 Å². The van der Waals surface area contributed by atoms with Crippen LogP contribution in [0.15, 0.2) is 30.3 Å². The predicted molar refractivity (Wildman–Crippen MR) is 99.1 cm³/mol. The Bertz CT molecular complexity index is 468. The molecule has 1 aromatic rings. The van der Waals surface area contributed by atoms with Gasteiger partial charge in [0.15, 0.2) is 0 Å². The van der Waals surface area contributed by atoms with Gasteiger partial charge in [0.1, 0.15) is 6.61 Å². The molecule has 0 unspecified atom stereocenters. The highest BCUT2D eigenvalue weighted by Crippen LogP contribution is 2.36. The van der Waals surface area contributed by atoms with E-state index >= 15 is 0 Å². The van der Waals surface area contributed by atoms with Gasteiger partial charge in [0.2, 0.25) is 0 Å². The van der Waals surface area contributed by atoms with Crippen molar-refractivity contribution in [3.8, 4) is 0 Å². The monoisotopic (exact) mass is 331 g/mol. The van der Waals surface area contributed by atoms with E-state index in [9.17, 15) is 4.79 Å². The number of carbonyl (C=O) groups excluding carboxylic acids is 1. The Hall–Kier alpha value is -1.35. The topological polar surface area (TPSA) is 38.3 Å². The molecule has 0 heterocycles. The lowest BCUT2D eigenvalue weighted by molar-refractivity contribution is -0.147. The van der Waals surface area contributed by atoms with Crippen molar-refractivity contribution in [3.63, 3.8) is 0 Å². The summed E-state index contributed by atoms with van der Waals surface area (Å²) in [5, 5.41) is 3.42. The third-order valence-electron chi connectivity index (χ3n) is 5.09. The lowest BCUT2D eigenvalue weighted by Gasteiger charge is -2.29. The Kier molecular flexibility index (Phi) is 8.31. The summed E-state index contributed by atoms with van der Waals surface area (Å²) in [4.78, 5) is 12.8. The van der Waals surface area contributed by atoms with Crippen molar-refractivity contribution in [3.05, 3.63) is 35.9 Å². The number of hydrogen-bond donors (Lipinski definition) is 1. The number of ether oxygens (including phenoxy) is 1. The van der Waals surface area contributed by atoms with Crippen LogP contribution in [0.4, 0.5) is 0 Å². The summed E-state index contributed by atoms with van der Waals surface area (Å²) in [6.07, 6.45) is 8.37. The van der Waals surface area contributed by atoms with Crippen molar-refractivity contribution in [2.75, 3.05) is 13.2 Å². The third kappa shape index (κ3) is 5.94. The minimum absolute atomic E-state index is 0.0435. The minimum Gasteiger partial charge on any atom is -0.464 e. The van der Waals surface area contributed by atoms with E-state index in [2.05, 4.69) is 31.3 Å². The standard InChI is InChI=1S/C21H33NO2/c1-3-10-17(2)22-15-16-24-21(23)20(18-11-6-4-7-12-18)19-13-8-5-9-14-19/h4,6-7,11-12,17,19-20,22H,3,5,8-10,13-16H2,1-2H3/t17-,20-/m1/s1. The van der Waals surface area contributed by atoms with Crippen LogP contribution in [-0.4, -0.2) is 25.2 Å². The first-order chi connectivity index (χ1) is 11.7. The summed E-state index contributed by atoms with van der Waals surface area (Å²) in [5.74, 6) is 0.290. The smallest absolute Gasteiger partial charge is 0.313 e. The van der Waals surface area contributed by atoms with Gasteiger partial charge in [-0.2, -0.15) is 0 Å². The van der Waals surface area contributed by atoms with E-state index in [0.29, 0.717) is 18.6 Å². The number of benzene rings is 1. The van der Waals surface area contributed by atoms with Crippen LogP contribution in [0.5, 0.6) is 0 Å². The van der Waals surface area contributed by atoms with Crippen LogP contribution >= 0.6 is 0 Å². The van der Waals surface area contributed by atoms with E-state index in [1.807, 2.05) is 18.2 Å². The van der Waals surface area contributed by atoms with Crippen LogP contribution in [-0.2, 0) is 9.53 Å². The lowest BCUT2D eigenvalue weighted by Crippen LogP contribution is -2.32. The van der Waals surface area contributed by atoms with Crippen molar-refractivity contribution in [1.29, 1.82) is 0 Å². The molecule has 3 heteroatoms. The molecular weight excluding hydrogens is 298 g/mol. The molecule has 0 spiro atoms. The van der Waals surface area contributed by atoms with E-state index in [-0.39, 0.29) is 11.9 Å². The molecule has 0 radical (unpaired) electrons. The Balaban J connectivity index is 1.90. The van der Waals surface area contributed by atoms with Crippen LogP contribution in [0, 0.1) is 5.92 Å². The van der Waals surface area contributed by atoms with E-state index < -0.39 is 0 Å². The van der Waals surface area contributed by atoms with Crippen LogP contribution in [0.25, 0.3) is 0 Å². The molecule has 0 amide bonds. The van der Waals surface area contributed by atoms with E-state index in [4.69, 9.17) is 4.74 Å². The highest BCUT2D eigenvalue weighted by atomic mass is 16.5. The molecule has 24 heavy (non-hydrogen) atoms. The Morgan fingerprint density at radius 3 is 2.58 bits per heavy atom. The zero-order valence-corrected chi connectivity index (χ0v) is 15.3. The van der Waals surface area contributed by atoms with Crippen LogP contribution in [0.1, 0.15) is 70.3 Å². The van der Waals surface area contributed by atoms with E-state index in [0.717, 1.165) is 31.4 Å². The number of esters is 1. The molecule has 0 saturated heterocycles. The van der Waals surface area contributed by atoms with Crippen molar-refractivity contribution in [1.82, 2.24) is 5.32 Å². The summed E-state index contributed by atoms with van der Waals surface area (Å²) in [5.41, 5.74) is 1.11. The van der Waals surface area contributed by atoms with E-state index in [1.54, 1.807) is 0 Å². The van der Waals surface area contributed by atoms with E-state index in [1.165, 1.54) is 25.7 Å². The summed E-state index contributed by atoms with van der Waals surface area (Å²) >= 11 is 0. The van der Waals surface area contributed by atoms with Gasteiger partial charge in [-0.05, 0) is 37.7 Å². The highest BCUT2D eigenvalue weighted by molar-refractivity contribution is 5.78. The minimum atomic E-state index is -0.0976. The average molecular weight is 332 g/mol. The summed E-state index contributed by atoms with van der Waals surface area (Å²) in [7, 11) is 0. The van der Waals surface area contributed by atoms with Gasteiger partial charge in [-0.25, -0.2) is 0 Å². The number of hydrogen-bond acceptors (Lipinski definition) is 3. The van der Waals surface area contributed by atoms with Gasteiger partial charge in [0.05, 0.1) is 5.92 Å². The largest absolute Gasteiger partial charge is 0.464 e. The second kappa shape index (κ2) is 10.5. The molecule has 0 bridgehead atoms. The zero-order chi connectivity index (χ0) is 17.2. The van der Waals surface area contributed by atoms with Gasteiger partial charge >= 0.3 is 5.97 Å². The number of rotatable bonds is 9. The quantitative estimate of drug-likeness (QED) is 0.528. The van der Waals surface area contributed by atoms with Gasteiger partial charge < -0.3 is 10.1 Å². The fourth-order valence-corrected chi connectivity index (χ4v) is 3.81. The van der Waals surface area contributed by atoms with Gasteiger partial charge in [-0.3, -0.25) is 4.79 Å². The van der Waals surface area contributed by atoms with Crippen molar-refractivity contribution < 1.29 is 9.53 Å². The number of nitrogens with one attached hydrogen (secondary N) is 1. The van der Waals surface area contributed by atoms with Crippen LogP contribution < -0.4 is 5.32 Å². The Morgan fingerprint density at radius 2 is 1.92 bits per heavy atom. The molecule has 1 aliphatic carbocycles. The first-order valence-corrected chi connectivity index (χ1v) is 9.67. The molecule has 3 nitrogen and oxygen atoms in total. The summed E-state index contributed by atoms with van der Waals surface area (Å²) in [6, 6.07) is 10.7.